The van der Waals surface area contributed by atoms with Gasteiger partial charge in [0.2, 0.25) is 11.8 Å². The Kier molecular flexibility index (Phi) is 7.45. The summed E-state index contributed by atoms with van der Waals surface area (Å²) in [5, 5.41) is 6.64. The lowest BCUT2D eigenvalue weighted by atomic mass is 9.74. The molecule has 41 heavy (non-hydrogen) atoms. The van der Waals surface area contributed by atoms with E-state index in [-0.39, 0.29) is 11.3 Å². The Hall–Kier alpha value is -4.07. The molecule has 0 bridgehead atoms. The molecule has 1 aliphatic heterocycles. The third-order valence-electron chi connectivity index (χ3n) is 8.13. The second kappa shape index (κ2) is 10.7. The Bertz CT molecular complexity index is 1490. The van der Waals surface area contributed by atoms with Crippen molar-refractivity contribution in [3.63, 3.8) is 0 Å². The number of hydrogen-bond donors (Lipinski definition) is 3. The number of ether oxygens (including phenoxy) is 1. The van der Waals surface area contributed by atoms with Crippen molar-refractivity contribution in [3.8, 4) is 0 Å². The number of piperidine rings is 1. The molecule has 1 unspecified atom stereocenters. The van der Waals surface area contributed by atoms with Gasteiger partial charge in [0.05, 0.1) is 0 Å². The predicted molar refractivity (Wildman–Crippen MR) is 160 cm³/mol. The highest BCUT2D eigenvalue weighted by Gasteiger charge is 2.41. The molecule has 2 heterocycles. The standard InChI is InChI=1S/C33H40N4O4/c1-31(2,3)41-30(40)36-32(4,5)29(39)35-27(20-23-21-34-26-13-9-7-11-24(23)26)28(38)37-18-16-33(17-19-37)15-14-22-10-6-8-12-25(22)33/h6-15,21,27,34H,16-20H2,1-5H3,(H,35,39)(H,36,40). The van der Waals surface area contributed by atoms with Crippen molar-refractivity contribution in [1.29, 1.82) is 0 Å². The van der Waals surface area contributed by atoms with Crippen LogP contribution in [0, 0.1) is 0 Å². The maximum absolute atomic E-state index is 14.1. The number of fused-ring (bicyclic) bond motifs is 3. The average molecular weight is 557 g/mol. The molecule has 0 radical (unpaired) electrons. The van der Waals surface area contributed by atoms with Gasteiger partial charge in [-0.2, -0.15) is 0 Å². The molecule has 0 saturated carbocycles. The molecular formula is C33H40N4O4. The van der Waals surface area contributed by atoms with Gasteiger partial charge in [-0.15, -0.1) is 0 Å². The summed E-state index contributed by atoms with van der Waals surface area (Å²) in [5.74, 6) is -0.579. The number of alkyl carbamates (subject to hydrolysis) is 1. The molecule has 1 atom stereocenters. The van der Waals surface area contributed by atoms with Gasteiger partial charge < -0.3 is 25.3 Å². The number of allylic oxidation sites excluding steroid dienone is 1. The van der Waals surface area contributed by atoms with Gasteiger partial charge in [0.1, 0.15) is 17.2 Å². The predicted octanol–water partition coefficient (Wildman–Crippen LogP) is 5.09. The van der Waals surface area contributed by atoms with Crippen molar-refractivity contribution >= 4 is 34.9 Å². The number of carbonyl (C=O) groups excluding carboxylic acids is 3. The summed E-state index contributed by atoms with van der Waals surface area (Å²) in [6.07, 6.45) is 7.65. The minimum Gasteiger partial charge on any atom is -0.444 e. The second-order valence-corrected chi connectivity index (χ2v) is 12.7. The molecule has 1 spiro atoms. The van der Waals surface area contributed by atoms with E-state index in [0.717, 1.165) is 29.3 Å². The van der Waals surface area contributed by atoms with Gasteiger partial charge in [0.15, 0.2) is 0 Å². The molecule has 1 aromatic heterocycles. The highest BCUT2D eigenvalue weighted by atomic mass is 16.6. The summed E-state index contributed by atoms with van der Waals surface area (Å²) in [5.41, 5.74) is 2.43. The van der Waals surface area contributed by atoms with Gasteiger partial charge in [0.25, 0.3) is 0 Å². The largest absolute Gasteiger partial charge is 0.444 e. The molecule has 1 saturated heterocycles. The van der Waals surface area contributed by atoms with Gasteiger partial charge in [-0.1, -0.05) is 54.6 Å². The number of rotatable bonds is 6. The zero-order valence-electron chi connectivity index (χ0n) is 24.5. The van der Waals surface area contributed by atoms with E-state index in [1.807, 2.05) is 35.4 Å². The Morgan fingerprint density at radius 3 is 2.41 bits per heavy atom. The van der Waals surface area contributed by atoms with Crippen LogP contribution in [0.4, 0.5) is 4.79 Å². The first kappa shape index (κ1) is 28.5. The fourth-order valence-corrected chi connectivity index (χ4v) is 5.89. The average Bonchev–Trinajstić information content (AvgIpc) is 3.49. The lowest BCUT2D eigenvalue weighted by Gasteiger charge is -2.40. The number of amides is 3. The number of hydrogen-bond acceptors (Lipinski definition) is 4. The van der Waals surface area contributed by atoms with Gasteiger partial charge >= 0.3 is 6.09 Å². The maximum Gasteiger partial charge on any atom is 0.408 e. The van der Waals surface area contributed by atoms with Gasteiger partial charge in [0, 0.05) is 42.0 Å². The van der Waals surface area contributed by atoms with Crippen LogP contribution in [0.25, 0.3) is 17.0 Å². The Morgan fingerprint density at radius 2 is 1.68 bits per heavy atom. The van der Waals surface area contributed by atoms with Crippen LogP contribution in [0.3, 0.4) is 0 Å². The van der Waals surface area contributed by atoms with Crippen LogP contribution in [0.1, 0.15) is 64.2 Å². The topological polar surface area (TPSA) is 104 Å². The highest BCUT2D eigenvalue weighted by Crippen LogP contribution is 2.43. The second-order valence-electron chi connectivity index (χ2n) is 12.7. The fourth-order valence-electron chi connectivity index (χ4n) is 5.89. The zero-order chi connectivity index (χ0) is 29.4. The molecule has 2 aliphatic rings. The van der Waals surface area contributed by atoms with Crippen LogP contribution >= 0.6 is 0 Å². The van der Waals surface area contributed by atoms with E-state index in [4.69, 9.17) is 4.74 Å². The molecule has 8 nitrogen and oxygen atoms in total. The molecule has 216 valence electrons. The zero-order valence-corrected chi connectivity index (χ0v) is 24.5. The number of carbonyl (C=O) groups is 3. The first-order valence-corrected chi connectivity index (χ1v) is 14.3. The molecule has 2 aromatic carbocycles. The van der Waals surface area contributed by atoms with Crippen molar-refractivity contribution < 1.29 is 19.1 Å². The maximum atomic E-state index is 14.1. The summed E-state index contributed by atoms with van der Waals surface area (Å²) < 4.78 is 5.36. The monoisotopic (exact) mass is 556 g/mol. The summed E-state index contributed by atoms with van der Waals surface area (Å²) in [7, 11) is 0. The molecule has 1 aliphatic carbocycles. The number of para-hydroxylation sites is 1. The number of nitrogens with one attached hydrogen (secondary N) is 3. The van der Waals surface area contributed by atoms with E-state index in [9.17, 15) is 14.4 Å². The minimum absolute atomic E-state index is 0.0533. The number of aromatic nitrogens is 1. The molecule has 5 rings (SSSR count). The molecule has 1 fully saturated rings. The Morgan fingerprint density at radius 1 is 1.00 bits per heavy atom. The molecular weight excluding hydrogens is 516 g/mol. The number of nitrogens with zero attached hydrogens (tertiary/aromatic N) is 1. The van der Waals surface area contributed by atoms with Crippen LogP contribution in [0.15, 0.2) is 60.8 Å². The van der Waals surface area contributed by atoms with E-state index in [1.165, 1.54) is 11.1 Å². The quantitative estimate of drug-likeness (QED) is 0.394. The van der Waals surface area contributed by atoms with Crippen molar-refractivity contribution in [1.82, 2.24) is 20.5 Å². The summed E-state index contributed by atoms with van der Waals surface area (Å²) >= 11 is 0. The van der Waals surface area contributed by atoms with E-state index in [1.54, 1.807) is 34.6 Å². The fraction of sp³-hybridized carbons (Fsp3) is 0.424. The lowest BCUT2D eigenvalue weighted by molar-refractivity contribution is -0.138. The number of aromatic amines is 1. The smallest absolute Gasteiger partial charge is 0.408 e. The van der Waals surface area contributed by atoms with Crippen LogP contribution in [-0.4, -0.2) is 58.1 Å². The third kappa shape index (κ3) is 6.01. The van der Waals surface area contributed by atoms with Gasteiger partial charge in [-0.25, -0.2) is 4.79 Å². The van der Waals surface area contributed by atoms with Crippen molar-refractivity contribution in [2.75, 3.05) is 13.1 Å². The number of likely N-dealkylation sites (tertiary alicyclic amines) is 1. The Labute approximate surface area is 241 Å². The van der Waals surface area contributed by atoms with Crippen molar-refractivity contribution in [3.05, 3.63) is 77.5 Å². The van der Waals surface area contributed by atoms with Crippen molar-refractivity contribution in [2.45, 2.75) is 76.5 Å². The van der Waals surface area contributed by atoms with E-state index in [0.29, 0.717) is 19.5 Å². The normalized spacial score (nSPS) is 16.9. The number of benzene rings is 2. The van der Waals surface area contributed by atoms with Gasteiger partial charge in [-0.05, 0) is 70.2 Å². The van der Waals surface area contributed by atoms with Crippen LogP contribution in [-0.2, 0) is 26.2 Å². The van der Waals surface area contributed by atoms with Crippen LogP contribution in [0.2, 0.25) is 0 Å². The molecule has 3 N–H and O–H groups in total. The van der Waals surface area contributed by atoms with E-state index < -0.39 is 29.2 Å². The summed E-state index contributed by atoms with van der Waals surface area (Å²) in [6, 6.07) is 15.6. The minimum atomic E-state index is -1.30. The van der Waals surface area contributed by atoms with Gasteiger partial charge in [-0.3, -0.25) is 9.59 Å². The third-order valence-corrected chi connectivity index (χ3v) is 8.13. The Balaban J connectivity index is 1.34. The highest BCUT2D eigenvalue weighted by molar-refractivity contribution is 5.94. The number of H-pyrrole nitrogens is 1. The summed E-state index contributed by atoms with van der Waals surface area (Å²) in [6.45, 7) is 9.69. The first-order valence-electron chi connectivity index (χ1n) is 14.3. The SMILES string of the molecule is CC(C)(C)OC(=O)NC(C)(C)C(=O)NC(Cc1c[nH]c2ccccc12)C(=O)N1CCC2(C=Cc3ccccc32)CC1. The summed E-state index contributed by atoms with van der Waals surface area (Å²) in [4.78, 5) is 45.2. The van der Waals surface area contributed by atoms with Crippen LogP contribution in [0.5, 0.6) is 0 Å². The molecule has 3 aromatic rings. The van der Waals surface area contributed by atoms with E-state index in [2.05, 4.69) is 52.0 Å². The van der Waals surface area contributed by atoms with Crippen molar-refractivity contribution in [2.24, 2.45) is 0 Å². The molecule has 8 heteroatoms. The van der Waals surface area contributed by atoms with E-state index >= 15 is 0 Å². The molecule has 3 amide bonds. The lowest BCUT2D eigenvalue weighted by Crippen LogP contribution is -2.60. The van der Waals surface area contributed by atoms with Crippen LogP contribution < -0.4 is 10.6 Å². The first-order chi connectivity index (χ1) is 19.4.